The molecule has 1 rings (SSSR count). The number of carbonyl (C=O) groups is 1. The Hall–Kier alpha value is -0.610. The second-order valence-corrected chi connectivity index (χ2v) is 4.94. The summed E-state index contributed by atoms with van der Waals surface area (Å²) in [5.74, 6) is 0.103. The van der Waals surface area contributed by atoms with Crippen molar-refractivity contribution in [3.63, 3.8) is 0 Å². The molecule has 1 aliphatic rings. The molecule has 0 spiro atoms. The van der Waals surface area contributed by atoms with Gasteiger partial charge in [-0.15, -0.1) is 0 Å². The first-order valence-corrected chi connectivity index (χ1v) is 6.55. The smallest absolute Gasteiger partial charge is 0.323 e. The first kappa shape index (κ1) is 14.5. The van der Waals surface area contributed by atoms with Gasteiger partial charge in [0, 0.05) is 6.54 Å². The Kier molecular flexibility index (Phi) is 5.92. The van der Waals surface area contributed by atoms with Crippen LogP contribution in [0.25, 0.3) is 0 Å². The highest BCUT2D eigenvalue weighted by atomic mass is 16.5. The van der Waals surface area contributed by atoms with Crippen LogP contribution in [-0.4, -0.2) is 37.9 Å². The van der Waals surface area contributed by atoms with Gasteiger partial charge in [0.1, 0.15) is 6.04 Å². The number of hydrogen-bond acceptors (Lipinski definition) is 4. The zero-order valence-corrected chi connectivity index (χ0v) is 11.4. The van der Waals surface area contributed by atoms with E-state index in [0.29, 0.717) is 6.10 Å². The van der Waals surface area contributed by atoms with E-state index in [9.17, 15) is 4.79 Å². The lowest BCUT2D eigenvalue weighted by Gasteiger charge is -2.23. The summed E-state index contributed by atoms with van der Waals surface area (Å²) in [6, 6.07) is -0.218. The summed E-state index contributed by atoms with van der Waals surface area (Å²) in [5, 5.41) is 3.28. The lowest BCUT2D eigenvalue weighted by atomic mass is 9.99. The second kappa shape index (κ2) is 6.97. The highest BCUT2D eigenvalue weighted by molar-refractivity contribution is 5.75. The highest BCUT2D eigenvalue weighted by Crippen LogP contribution is 2.19. The number of methoxy groups -OCH3 is 1. The largest absolute Gasteiger partial charge is 0.468 e. The van der Waals surface area contributed by atoms with Gasteiger partial charge in [0.05, 0.1) is 19.3 Å². The van der Waals surface area contributed by atoms with Crippen molar-refractivity contribution in [1.82, 2.24) is 5.32 Å². The van der Waals surface area contributed by atoms with Gasteiger partial charge in [0.15, 0.2) is 0 Å². The van der Waals surface area contributed by atoms with Crippen LogP contribution < -0.4 is 5.32 Å². The van der Waals surface area contributed by atoms with Crippen molar-refractivity contribution in [1.29, 1.82) is 0 Å². The molecule has 0 aromatic rings. The van der Waals surface area contributed by atoms with Crippen LogP contribution in [0.15, 0.2) is 0 Å². The van der Waals surface area contributed by atoms with Crippen LogP contribution in [0.3, 0.4) is 0 Å². The molecule has 0 saturated carbocycles. The molecule has 1 saturated heterocycles. The van der Waals surface area contributed by atoms with E-state index in [2.05, 4.69) is 26.1 Å². The molecule has 4 heteroatoms. The third-order valence-corrected chi connectivity index (χ3v) is 3.55. The van der Waals surface area contributed by atoms with Crippen LogP contribution in [0.2, 0.25) is 0 Å². The van der Waals surface area contributed by atoms with E-state index >= 15 is 0 Å². The minimum atomic E-state index is -0.218. The van der Waals surface area contributed by atoms with Gasteiger partial charge >= 0.3 is 5.97 Å². The average Bonchev–Trinajstić information content (AvgIpc) is 2.74. The Morgan fingerprint density at radius 2 is 2.24 bits per heavy atom. The van der Waals surface area contributed by atoms with E-state index in [1.165, 1.54) is 7.11 Å². The summed E-state index contributed by atoms with van der Waals surface area (Å²) < 4.78 is 10.6. The Labute approximate surface area is 104 Å². The van der Waals surface area contributed by atoms with Crippen molar-refractivity contribution < 1.29 is 14.3 Å². The van der Waals surface area contributed by atoms with Gasteiger partial charge in [-0.2, -0.15) is 0 Å². The molecular formula is C13H25NO3. The van der Waals surface area contributed by atoms with Crippen LogP contribution >= 0.6 is 0 Å². The lowest BCUT2D eigenvalue weighted by molar-refractivity contribution is -0.144. The Balaban J connectivity index is 2.41. The van der Waals surface area contributed by atoms with Gasteiger partial charge in [-0.05, 0) is 25.7 Å². The quantitative estimate of drug-likeness (QED) is 0.722. The van der Waals surface area contributed by atoms with Crippen molar-refractivity contribution in [3.05, 3.63) is 0 Å². The van der Waals surface area contributed by atoms with Gasteiger partial charge < -0.3 is 14.8 Å². The highest BCUT2D eigenvalue weighted by Gasteiger charge is 2.27. The van der Waals surface area contributed by atoms with Crippen molar-refractivity contribution in [3.8, 4) is 0 Å². The zero-order valence-electron chi connectivity index (χ0n) is 11.4. The van der Waals surface area contributed by atoms with E-state index in [1.54, 1.807) is 0 Å². The molecule has 1 aliphatic heterocycles. The molecule has 1 heterocycles. The fourth-order valence-corrected chi connectivity index (χ4v) is 2.17. The molecule has 4 nitrogen and oxygen atoms in total. The Morgan fingerprint density at radius 3 is 2.71 bits per heavy atom. The van der Waals surface area contributed by atoms with Crippen molar-refractivity contribution in [2.75, 3.05) is 13.7 Å². The summed E-state index contributed by atoms with van der Waals surface area (Å²) in [5.41, 5.74) is 0. The topological polar surface area (TPSA) is 47.6 Å². The predicted octanol–water partition coefficient (Wildman–Crippen LogP) is 1.73. The Morgan fingerprint density at radius 1 is 1.53 bits per heavy atom. The first-order valence-electron chi connectivity index (χ1n) is 6.55. The van der Waals surface area contributed by atoms with E-state index in [4.69, 9.17) is 9.47 Å². The molecule has 0 bridgehead atoms. The van der Waals surface area contributed by atoms with Crippen molar-refractivity contribution in [2.45, 2.75) is 58.3 Å². The number of esters is 1. The molecule has 4 unspecified atom stereocenters. The monoisotopic (exact) mass is 243 g/mol. The molecule has 0 amide bonds. The van der Waals surface area contributed by atoms with Gasteiger partial charge in [-0.25, -0.2) is 0 Å². The van der Waals surface area contributed by atoms with Crippen LogP contribution in [0.1, 0.15) is 40.0 Å². The van der Waals surface area contributed by atoms with Gasteiger partial charge in [0.25, 0.3) is 0 Å². The third kappa shape index (κ3) is 4.28. The fraction of sp³-hybridized carbons (Fsp3) is 0.923. The first-order chi connectivity index (χ1) is 8.08. The van der Waals surface area contributed by atoms with Crippen LogP contribution in [0.4, 0.5) is 0 Å². The minimum Gasteiger partial charge on any atom is -0.468 e. The van der Waals surface area contributed by atoms with E-state index < -0.39 is 0 Å². The molecule has 100 valence electrons. The van der Waals surface area contributed by atoms with Gasteiger partial charge in [-0.1, -0.05) is 20.3 Å². The summed E-state index contributed by atoms with van der Waals surface area (Å²) in [6.45, 7) is 6.96. The minimum absolute atomic E-state index is 0.176. The van der Waals surface area contributed by atoms with Crippen LogP contribution in [0.5, 0.6) is 0 Å². The molecule has 1 N–H and O–H groups in total. The predicted molar refractivity (Wildman–Crippen MR) is 66.8 cm³/mol. The number of nitrogens with one attached hydrogen (secondary N) is 1. The molecule has 0 aromatic carbocycles. The maximum atomic E-state index is 11.7. The van der Waals surface area contributed by atoms with Crippen molar-refractivity contribution in [2.24, 2.45) is 5.92 Å². The zero-order chi connectivity index (χ0) is 12.8. The molecule has 17 heavy (non-hydrogen) atoms. The third-order valence-electron chi connectivity index (χ3n) is 3.55. The average molecular weight is 243 g/mol. The summed E-state index contributed by atoms with van der Waals surface area (Å²) in [6.07, 6.45) is 3.72. The standard InChI is InChI=1S/C13H25NO3/c1-5-9(2)12(13(15)16-4)14-8-11-7-6-10(3)17-11/h9-12,14H,5-8H2,1-4H3. The number of carbonyl (C=O) groups excluding carboxylic acids is 1. The fourth-order valence-electron chi connectivity index (χ4n) is 2.17. The van der Waals surface area contributed by atoms with E-state index in [0.717, 1.165) is 25.8 Å². The van der Waals surface area contributed by atoms with Crippen molar-refractivity contribution >= 4 is 5.97 Å². The van der Waals surface area contributed by atoms with Crippen LogP contribution in [-0.2, 0) is 14.3 Å². The SMILES string of the molecule is CCC(C)C(NCC1CCC(C)O1)C(=O)OC. The number of rotatable bonds is 6. The molecule has 1 fully saturated rings. The number of hydrogen-bond donors (Lipinski definition) is 1. The number of ether oxygens (including phenoxy) is 2. The summed E-state index contributed by atoms with van der Waals surface area (Å²) in [4.78, 5) is 11.7. The van der Waals surface area contributed by atoms with E-state index in [-0.39, 0.29) is 24.0 Å². The van der Waals surface area contributed by atoms with E-state index in [1.807, 2.05) is 0 Å². The maximum absolute atomic E-state index is 11.7. The van der Waals surface area contributed by atoms with Gasteiger partial charge in [0.2, 0.25) is 0 Å². The van der Waals surface area contributed by atoms with Gasteiger partial charge in [-0.3, -0.25) is 4.79 Å². The molecular weight excluding hydrogens is 218 g/mol. The maximum Gasteiger partial charge on any atom is 0.323 e. The summed E-state index contributed by atoms with van der Waals surface area (Å²) in [7, 11) is 1.44. The lowest BCUT2D eigenvalue weighted by Crippen LogP contribution is -2.45. The normalized spacial score (nSPS) is 27.8. The molecule has 0 radical (unpaired) electrons. The second-order valence-electron chi connectivity index (χ2n) is 4.94. The molecule has 4 atom stereocenters. The molecule has 0 aliphatic carbocycles. The molecule has 0 aromatic heterocycles. The summed E-state index contributed by atoms with van der Waals surface area (Å²) >= 11 is 0. The Bertz CT molecular complexity index is 245. The van der Waals surface area contributed by atoms with Crippen LogP contribution in [0, 0.1) is 5.92 Å².